The van der Waals surface area contributed by atoms with Gasteiger partial charge in [0, 0.05) is 47.6 Å². The maximum atomic E-state index is 13.5. The number of aromatic nitrogens is 1. The minimum absolute atomic E-state index is 0.271. The van der Waals surface area contributed by atoms with Gasteiger partial charge in [0.15, 0.2) is 5.75 Å². The minimum Gasteiger partial charge on any atom is -0.496 e. The molecular formula is C44H53N7O8S. The monoisotopic (exact) mass is 839 g/mol. The number of hydrogen-bond donors (Lipinski definition) is 6. The highest BCUT2D eigenvalue weighted by Crippen LogP contribution is 2.40. The van der Waals surface area contributed by atoms with Crippen LogP contribution < -0.4 is 40.2 Å². The summed E-state index contributed by atoms with van der Waals surface area (Å²) in [5.74, 6) is 1.09. The molecule has 5 aromatic rings. The van der Waals surface area contributed by atoms with Gasteiger partial charge in [0.25, 0.3) is 5.91 Å². The molecule has 0 aliphatic rings. The number of urea groups is 1. The number of ether oxygens (including phenoxy) is 3. The summed E-state index contributed by atoms with van der Waals surface area (Å²) in [6.07, 6.45) is 4.90. The first-order chi connectivity index (χ1) is 28.6. The van der Waals surface area contributed by atoms with Gasteiger partial charge in [0.1, 0.15) is 40.1 Å². The molecule has 1 unspecified atom stereocenters. The number of methoxy groups -OCH3 is 2. The Bertz CT molecular complexity index is 2370. The Kier molecular flexibility index (Phi) is 14.9. The molecule has 0 fully saturated rings. The van der Waals surface area contributed by atoms with Crippen molar-refractivity contribution < 1.29 is 37.9 Å². The number of nitrogens with zero attached hydrogens (tertiary/aromatic N) is 2. The molecule has 0 aliphatic carbocycles. The van der Waals surface area contributed by atoms with Gasteiger partial charge in [-0.1, -0.05) is 45.0 Å². The number of carboxylic acids is 1. The molecule has 0 aliphatic heterocycles. The molecule has 0 spiro atoms. The summed E-state index contributed by atoms with van der Waals surface area (Å²) in [5.41, 5.74) is 3.09. The molecule has 1 heterocycles. The van der Waals surface area contributed by atoms with Gasteiger partial charge in [-0.2, -0.15) is 0 Å². The van der Waals surface area contributed by atoms with Crippen molar-refractivity contribution >= 4 is 68.2 Å². The van der Waals surface area contributed by atoms with E-state index < -0.39 is 29.0 Å². The third-order valence-corrected chi connectivity index (χ3v) is 10.1. The van der Waals surface area contributed by atoms with E-state index in [0.29, 0.717) is 82.9 Å². The molecule has 318 valence electrons. The molecule has 16 heteroatoms. The first-order valence-corrected chi connectivity index (χ1v) is 20.8. The second kappa shape index (κ2) is 20.0. The average molecular weight is 840 g/mol. The number of fused-ring (bicyclic) bond motifs is 1. The Balaban J connectivity index is 1.26. The number of benzene rings is 4. The molecule has 1 aromatic heterocycles. The SMILES string of the molecule is COc1cc(Nc2cc(Oc3ccc(NC(=O)Nc4cc(C(C)(C)C)cc(NS(C)=O)c4OC)c4ccccc34)ccn2)ccc1C(=O)NCCCC[C@@H](C(=O)O)N(C)C. The highest BCUT2D eigenvalue weighted by molar-refractivity contribution is 7.85. The summed E-state index contributed by atoms with van der Waals surface area (Å²) < 4.78 is 32.6. The van der Waals surface area contributed by atoms with Crippen LogP contribution in [0.15, 0.2) is 85.1 Å². The van der Waals surface area contributed by atoms with Crippen molar-refractivity contribution in [3.05, 3.63) is 96.2 Å². The quantitative estimate of drug-likeness (QED) is 0.0465. The predicted molar refractivity (Wildman–Crippen MR) is 238 cm³/mol. The number of hydrogen-bond acceptors (Lipinski definition) is 10. The van der Waals surface area contributed by atoms with Crippen LogP contribution in [-0.4, -0.2) is 84.3 Å². The van der Waals surface area contributed by atoms with Crippen molar-refractivity contribution in [1.82, 2.24) is 15.2 Å². The fourth-order valence-corrected chi connectivity index (χ4v) is 6.95. The number of pyridine rings is 1. The van der Waals surface area contributed by atoms with Crippen molar-refractivity contribution in [3.63, 3.8) is 0 Å². The molecule has 0 saturated heterocycles. The van der Waals surface area contributed by atoms with E-state index >= 15 is 0 Å². The lowest BCUT2D eigenvalue weighted by atomic mass is 9.86. The maximum absolute atomic E-state index is 13.5. The molecule has 4 aromatic carbocycles. The van der Waals surface area contributed by atoms with Crippen molar-refractivity contribution in [2.75, 3.05) is 61.8 Å². The highest BCUT2D eigenvalue weighted by Gasteiger charge is 2.22. The maximum Gasteiger partial charge on any atom is 0.323 e. The number of amides is 3. The summed E-state index contributed by atoms with van der Waals surface area (Å²) in [4.78, 5) is 44.0. The molecule has 0 radical (unpaired) electrons. The van der Waals surface area contributed by atoms with Crippen LogP contribution in [0.1, 0.15) is 56.0 Å². The van der Waals surface area contributed by atoms with Crippen LogP contribution in [-0.2, 0) is 21.2 Å². The van der Waals surface area contributed by atoms with E-state index in [4.69, 9.17) is 14.2 Å². The van der Waals surface area contributed by atoms with Gasteiger partial charge in [0.05, 0.1) is 36.8 Å². The van der Waals surface area contributed by atoms with E-state index in [1.54, 1.807) is 67.7 Å². The third-order valence-electron chi connectivity index (χ3n) is 9.57. The van der Waals surface area contributed by atoms with Crippen molar-refractivity contribution in [3.8, 4) is 23.0 Å². The van der Waals surface area contributed by atoms with Crippen LogP contribution in [0.4, 0.5) is 33.4 Å². The largest absolute Gasteiger partial charge is 0.496 e. The molecular weight excluding hydrogens is 787 g/mol. The van der Waals surface area contributed by atoms with Gasteiger partial charge < -0.3 is 45.3 Å². The first kappa shape index (κ1) is 44.7. The molecule has 15 nitrogen and oxygen atoms in total. The number of carboxylic acid groups (broad SMARTS) is 1. The standard InChI is InChI=1S/C44H53N7O8S/c1-44(2,3)27-23-34(40(58-7)35(24-27)50-60(8)56)49-43(55)48-33-18-19-37(31-14-10-9-13-30(31)33)59-29-20-22-45-39(26-29)47-28-16-17-32(38(25-28)57-6)41(52)46-21-12-11-15-36(42(53)54)51(4)5/h9-10,13-14,16-20,22-26,36,50H,11-12,15,21H2,1-8H3,(H,45,47)(H,46,52)(H,53,54)(H2,48,49,55)/t36-,60?/m0/s1. The summed E-state index contributed by atoms with van der Waals surface area (Å²) >= 11 is 0. The highest BCUT2D eigenvalue weighted by atomic mass is 32.2. The summed E-state index contributed by atoms with van der Waals surface area (Å²) in [5, 5.41) is 22.9. The van der Waals surface area contributed by atoms with Gasteiger partial charge in [-0.15, -0.1) is 0 Å². The van der Waals surface area contributed by atoms with Gasteiger partial charge in [-0.05, 0) is 86.8 Å². The van der Waals surface area contributed by atoms with Crippen LogP contribution >= 0.6 is 0 Å². The first-order valence-electron chi connectivity index (χ1n) is 19.3. The topological polar surface area (TPSA) is 192 Å². The Morgan fingerprint density at radius 2 is 1.57 bits per heavy atom. The number of carbonyl (C=O) groups excluding carboxylic acids is 2. The van der Waals surface area contributed by atoms with Crippen LogP contribution in [0.3, 0.4) is 0 Å². The van der Waals surface area contributed by atoms with Crippen LogP contribution in [0, 0.1) is 0 Å². The van der Waals surface area contributed by atoms with E-state index in [1.165, 1.54) is 20.5 Å². The van der Waals surface area contributed by atoms with Gasteiger partial charge in [-0.3, -0.25) is 14.5 Å². The normalized spacial score (nSPS) is 12.3. The van der Waals surface area contributed by atoms with Gasteiger partial charge in [0.2, 0.25) is 0 Å². The van der Waals surface area contributed by atoms with Crippen LogP contribution in [0.5, 0.6) is 23.0 Å². The Labute approximate surface area is 352 Å². The van der Waals surface area contributed by atoms with Gasteiger partial charge >= 0.3 is 12.0 Å². The second-order valence-corrected chi connectivity index (χ2v) is 16.3. The van der Waals surface area contributed by atoms with E-state index in [0.717, 1.165) is 16.3 Å². The zero-order valence-corrected chi connectivity index (χ0v) is 35.9. The zero-order chi connectivity index (χ0) is 43.6. The molecule has 3 amide bonds. The number of carbonyl (C=O) groups is 3. The van der Waals surface area contributed by atoms with Crippen molar-refractivity contribution in [2.45, 2.75) is 51.5 Å². The molecule has 0 bridgehead atoms. The number of aliphatic carboxylic acids is 1. The van der Waals surface area contributed by atoms with E-state index in [2.05, 4.69) is 31.0 Å². The van der Waals surface area contributed by atoms with E-state index in [9.17, 15) is 23.7 Å². The predicted octanol–water partition coefficient (Wildman–Crippen LogP) is 8.35. The average Bonchev–Trinajstić information content (AvgIpc) is 3.19. The Hall–Kier alpha value is -6.39. The number of likely N-dealkylation sites (N-methyl/N-ethyl adjacent to an activating group) is 1. The zero-order valence-electron chi connectivity index (χ0n) is 35.1. The van der Waals surface area contributed by atoms with Crippen molar-refractivity contribution in [1.29, 1.82) is 0 Å². The summed E-state index contributed by atoms with van der Waals surface area (Å²) in [6.45, 7) is 6.54. The molecule has 0 saturated carbocycles. The number of anilines is 5. The minimum atomic E-state index is -1.37. The number of nitrogens with one attached hydrogen (secondary N) is 5. The van der Waals surface area contributed by atoms with E-state index in [-0.39, 0.29) is 11.3 Å². The lowest BCUT2D eigenvalue weighted by Gasteiger charge is -2.24. The molecule has 2 atom stereocenters. The molecule has 5 rings (SSSR count). The summed E-state index contributed by atoms with van der Waals surface area (Å²) in [6, 6.07) is 22.3. The van der Waals surface area contributed by atoms with Crippen LogP contribution in [0.2, 0.25) is 0 Å². The van der Waals surface area contributed by atoms with Crippen LogP contribution in [0.25, 0.3) is 10.8 Å². The molecule has 6 N–H and O–H groups in total. The lowest BCUT2D eigenvalue weighted by molar-refractivity contribution is -0.142. The van der Waals surface area contributed by atoms with Crippen molar-refractivity contribution in [2.24, 2.45) is 0 Å². The summed E-state index contributed by atoms with van der Waals surface area (Å²) in [7, 11) is 5.08. The Morgan fingerprint density at radius 1 is 0.850 bits per heavy atom. The van der Waals surface area contributed by atoms with E-state index in [1.807, 2.05) is 57.2 Å². The van der Waals surface area contributed by atoms with Gasteiger partial charge in [-0.25, -0.2) is 14.0 Å². The molecule has 60 heavy (non-hydrogen) atoms. The number of rotatable bonds is 18. The second-order valence-electron chi connectivity index (χ2n) is 15.2. The lowest BCUT2D eigenvalue weighted by Crippen LogP contribution is -2.35. The Morgan fingerprint density at radius 3 is 2.23 bits per heavy atom. The fourth-order valence-electron chi connectivity index (χ4n) is 6.49. The number of unbranched alkanes of at least 4 members (excludes halogenated alkanes) is 1. The smallest absolute Gasteiger partial charge is 0.323 e. The fraction of sp³-hybridized carbons (Fsp3) is 0.318. The third kappa shape index (κ3) is 11.6.